The van der Waals surface area contributed by atoms with Gasteiger partial charge in [0.15, 0.2) is 0 Å². The third-order valence-electron chi connectivity index (χ3n) is 4.52. The number of nitrogens with zero attached hydrogens (tertiary/aromatic N) is 2. The molecule has 3 rings (SSSR count). The number of aromatic nitrogens is 2. The van der Waals surface area contributed by atoms with Crippen LogP contribution < -0.4 is 5.46 Å². The molecule has 2 aromatic rings. The minimum Gasteiger partial charge on any atom is -0.444 e. The normalized spacial score (nSPS) is 20.3. The van der Waals surface area contributed by atoms with Gasteiger partial charge >= 0.3 is 13.2 Å². The molecule has 1 aromatic carbocycles. The Labute approximate surface area is 153 Å². The highest BCUT2D eigenvalue weighted by molar-refractivity contribution is 6.59. The lowest BCUT2D eigenvalue weighted by Gasteiger charge is -2.28. The molecule has 8 heteroatoms. The molecule has 0 spiro atoms. The minimum atomic E-state index is -1.55. The zero-order valence-corrected chi connectivity index (χ0v) is 15.2. The van der Waals surface area contributed by atoms with Crippen LogP contribution in [0.3, 0.4) is 0 Å². The van der Waals surface area contributed by atoms with E-state index in [1.807, 2.05) is 32.9 Å². The van der Waals surface area contributed by atoms with Crippen molar-refractivity contribution < 1.29 is 19.6 Å². The lowest BCUT2D eigenvalue weighted by Crippen LogP contribution is -2.37. The Bertz CT molecular complexity index is 758. The lowest BCUT2D eigenvalue weighted by molar-refractivity contribution is 0.0220. The molecular weight excluding hydrogens is 333 g/mol. The molecule has 2 heterocycles. The van der Waals surface area contributed by atoms with Crippen LogP contribution in [0.2, 0.25) is 0 Å². The number of hydrogen-bond donors (Lipinski definition) is 3. The van der Waals surface area contributed by atoms with Gasteiger partial charge in [0.1, 0.15) is 5.60 Å². The number of likely N-dealkylation sites (tertiary alicyclic amines) is 1. The molecular formula is C18H24BN3O4. The summed E-state index contributed by atoms with van der Waals surface area (Å²) in [5.74, 6) is -0.0335. The number of aromatic amines is 1. The number of rotatable bonds is 3. The van der Waals surface area contributed by atoms with Crippen molar-refractivity contribution in [2.24, 2.45) is 0 Å². The molecule has 0 bridgehead atoms. The molecule has 1 aliphatic rings. The van der Waals surface area contributed by atoms with Crippen LogP contribution >= 0.6 is 0 Å². The van der Waals surface area contributed by atoms with Gasteiger partial charge in [0.05, 0.1) is 24.3 Å². The molecule has 1 fully saturated rings. The molecule has 0 saturated carbocycles. The van der Waals surface area contributed by atoms with E-state index < -0.39 is 12.7 Å². The van der Waals surface area contributed by atoms with E-state index in [0.29, 0.717) is 18.4 Å². The third-order valence-corrected chi connectivity index (χ3v) is 4.52. The second kappa shape index (κ2) is 7.13. The Morgan fingerprint density at radius 2 is 2.08 bits per heavy atom. The SMILES string of the molecule is CC(C)(C)OC(=O)N1CC(c2ccccc2B(O)O)CC1c1cnc[nH]1. The van der Waals surface area contributed by atoms with Crippen LogP contribution in [0.15, 0.2) is 36.8 Å². The average molecular weight is 357 g/mol. The van der Waals surface area contributed by atoms with Crippen LogP contribution in [0.25, 0.3) is 0 Å². The minimum absolute atomic E-state index is 0.0335. The van der Waals surface area contributed by atoms with Crippen LogP contribution in [0, 0.1) is 0 Å². The van der Waals surface area contributed by atoms with E-state index in [4.69, 9.17) is 4.74 Å². The first-order valence-electron chi connectivity index (χ1n) is 8.69. The van der Waals surface area contributed by atoms with E-state index in [2.05, 4.69) is 9.97 Å². The maximum absolute atomic E-state index is 12.7. The summed E-state index contributed by atoms with van der Waals surface area (Å²) in [4.78, 5) is 21.6. The fraction of sp³-hybridized carbons (Fsp3) is 0.444. The van der Waals surface area contributed by atoms with Gasteiger partial charge in [0.25, 0.3) is 0 Å². The fourth-order valence-corrected chi connectivity index (χ4v) is 3.45. The number of hydrogen-bond acceptors (Lipinski definition) is 5. The van der Waals surface area contributed by atoms with Gasteiger partial charge in [-0.25, -0.2) is 9.78 Å². The first-order valence-corrected chi connectivity index (χ1v) is 8.69. The van der Waals surface area contributed by atoms with Crippen molar-refractivity contribution in [3.05, 3.63) is 48.0 Å². The number of amides is 1. The standard InChI is InChI=1S/C18H24BN3O4/c1-18(2,3)26-17(23)22-10-12(8-16(22)15-9-20-11-21-15)13-6-4-5-7-14(13)19(24)25/h4-7,9,11-12,16,24-25H,8,10H2,1-3H3,(H,20,21). The summed E-state index contributed by atoms with van der Waals surface area (Å²) in [5, 5.41) is 19.4. The van der Waals surface area contributed by atoms with E-state index in [1.165, 1.54) is 0 Å². The van der Waals surface area contributed by atoms with Gasteiger partial charge in [-0.1, -0.05) is 24.3 Å². The van der Waals surface area contributed by atoms with Gasteiger partial charge in [0.2, 0.25) is 0 Å². The van der Waals surface area contributed by atoms with Crippen molar-refractivity contribution in [3.8, 4) is 0 Å². The van der Waals surface area contributed by atoms with Crippen molar-refractivity contribution >= 4 is 18.7 Å². The Kier molecular flexibility index (Phi) is 5.07. The number of carbonyl (C=O) groups is 1. The van der Waals surface area contributed by atoms with Crippen molar-refractivity contribution in [1.29, 1.82) is 0 Å². The second-order valence-electron chi connectivity index (χ2n) is 7.59. The van der Waals surface area contributed by atoms with Crippen LogP contribution in [-0.2, 0) is 4.74 Å². The molecule has 138 valence electrons. The topological polar surface area (TPSA) is 98.7 Å². The summed E-state index contributed by atoms with van der Waals surface area (Å²) in [6.45, 7) is 5.94. The number of H-pyrrole nitrogens is 1. The number of ether oxygens (including phenoxy) is 1. The largest absolute Gasteiger partial charge is 0.488 e. The summed E-state index contributed by atoms with van der Waals surface area (Å²) in [6, 6.07) is 7.00. The van der Waals surface area contributed by atoms with Gasteiger partial charge in [-0.3, -0.25) is 4.90 Å². The Morgan fingerprint density at radius 1 is 1.35 bits per heavy atom. The third kappa shape index (κ3) is 3.91. The summed E-state index contributed by atoms with van der Waals surface area (Å²) >= 11 is 0. The zero-order chi connectivity index (χ0) is 18.9. The van der Waals surface area contributed by atoms with Crippen molar-refractivity contribution in [2.45, 2.75) is 44.8 Å². The molecule has 1 aromatic heterocycles. The first-order chi connectivity index (χ1) is 12.3. The van der Waals surface area contributed by atoms with E-state index >= 15 is 0 Å². The number of benzene rings is 1. The highest BCUT2D eigenvalue weighted by Crippen LogP contribution is 2.40. The Balaban J connectivity index is 1.91. The average Bonchev–Trinajstić information content (AvgIpc) is 3.22. The lowest BCUT2D eigenvalue weighted by atomic mass is 9.73. The van der Waals surface area contributed by atoms with Gasteiger partial charge in [-0.15, -0.1) is 0 Å². The van der Waals surface area contributed by atoms with E-state index in [-0.39, 0.29) is 18.1 Å². The van der Waals surface area contributed by atoms with E-state index in [0.717, 1.165) is 11.3 Å². The maximum atomic E-state index is 12.7. The molecule has 1 aliphatic heterocycles. The van der Waals surface area contributed by atoms with Gasteiger partial charge < -0.3 is 19.8 Å². The van der Waals surface area contributed by atoms with Crippen molar-refractivity contribution in [1.82, 2.24) is 14.9 Å². The molecule has 1 saturated heterocycles. The summed E-state index contributed by atoms with van der Waals surface area (Å²) in [7, 11) is -1.55. The molecule has 26 heavy (non-hydrogen) atoms. The molecule has 2 unspecified atom stereocenters. The van der Waals surface area contributed by atoms with Crippen molar-refractivity contribution in [2.75, 3.05) is 6.54 Å². The van der Waals surface area contributed by atoms with Crippen LogP contribution in [0.1, 0.15) is 50.4 Å². The number of imidazole rings is 1. The monoisotopic (exact) mass is 357 g/mol. The smallest absolute Gasteiger partial charge is 0.444 e. The fourth-order valence-electron chi connectivity index (χ4n) is 3.45. The maximum Gasteiger partial charge on any atom is 0.488 e. The van der Waals surface area contributed by atoms with Crippen LogP contribution in [0.4, 0.5) is 4.79 Å². The van der Waals surface area contributed by atoms with Crippen molar-refractivity contribution in [3.63, 3.8) is 0 Å². The summed E-state index contributed by atoms with van der Waals surface area (Å²) in [6.07, 6.45) is 3.55. The molecule has 0 radical (unpaired) electrons. The zero-order valence-electron chi connectivity index (χ0n) is 15.2. The summed E-state index contributed by atoms with van der Waals surface area (Å²) in [5.41, 5.74) is 1.54. The Hall–Kier alpha value is -2.32. The highest BCUT2D eigenvalue weighted by atomic mass is 16.6. The predicted octanol–water partition coefficient (Wildman–Crippen LogP) is 1.56. The van der Waals surface area contributed by atoms with E-state index in [9.17, 15) is 14.8 Å². The van der Waals surface area contributed by atoms with Crippen LogP contribution in [0.5, 0.6) is 0 Å². The van der Waals surface area contributed by atoms with Gasteiger partial charge in [-0.2, -0.15) is 0 Å². The summed E-state index contributed by atoms with van der Waals surface area (Å²) < 4.78 is 5.57. The predicted molar refractivity (Wildman–Crippen MR) is 97.9 cm³/mol. The molecule has 1 amide bonds. The molecule has 7 nitrogen and oxygen atoms in total. The number of carbonyl (C=O) groups excluding carboxylic acids is 1. The van der Waals surface area contributed by atoms with Gasteiger partial charge in [-0.05, 0) is 38.2 Å². The first kappa shape index (κ1) is 18.5. The van der Waals surface area contributed by atoms with E-state index in [1.54, 1.807) is 29.6 Å². The molecule has 2 atom stereocenters. The molecule has 0 aliphatic carbocycles. The highest BCUT2D eigenvalue weighted by Gasteiger charge is 2.40. The van der Waals surface area contributed by atoms with Crippen LogP contribution in [-0.4, -0.2) is 50.3 Å². The second-order valence-corrected chi connectivity index (χ2v) is 7.59. The molecule has 3 N–H and O–H groups in total. The quantitative estimate of drug-likeness (QED) is 0.724. The number of nitrogens with one attached hydrogen (secondary N) is 1. The Morgan fingerprint density at radius 3 is 2.69 bits per heavy atom. The van der Waals surface area contributed by atoms with Gasteiger partial charge in [0, 0.05) is 12.5 Å².